The molecule has 0 unspecified atom stereocenters. The SMILES string of the molecule is CC(C)OCCOCC(=O)N(C)C(COCCC(=O)C(C)C)COCCC(=O)C(C)C. The lowest BCUT2D eigenvalue weighted by atomic mass is 10.1. The molecule has 1 amide bonds. The van der Waals surface area contributed by atoms with E-state index in [1.54, 1.807) is 7.05 Å². The molecule has 0 saturated heterocycles. The van der Waals surface area contributed by atoms with Gasteiger partial charge in [-0.3, -0.25) is 14.4 Å². The number of likely N-dealkylation sites (N-methyl/N-ethyl adjacent to an activating group) is 1. The van der Waals surface area contributed by atoms with E-state index in [0.717, 1.165) is 0 Å². The van der Waals surface area contributed by atoms with Crippen molar-refractivity contribution >= 4 is 17.5 Å². The Morgan fingerprint density at radius 1 is 0.710 bits per heavy atom. The van der Waals surface area contributed by atoms with Gasteiger partial charge >= 0.3 is 0 Å². The number of rotatable bonds is 19. The summed E-state index contributed by atoms with van der Waals surface area (Å²) >= 11 is 0. The highest BCUT2D eigenvalue weighted by molar-refractivity contribution is 5.80. The highest BCUT2D eigenvalue weighted by atomic mass is 16.5. The van der Waals surface area contributed by atoms with Crippen LogP contribution in [-0.2, 0) is 33.3 Å². The third kappa shape index (κ3) is 15.1. The lowest BCUT2D eigenvalue weighted by Crippen LogP contribution is -2.45. The fraction of sp³-hybridized carbons (Fsp3) is 0.870. The van der Waals surface area contributed by atoms with Crippen LogP contribution in [0.3, 0.4) is 0 Å². The summed E-state index contributed by atoms with van der Waals surface area (Å²) in [6.45, 7) is 13.1. The van der Waals surface area contributed by atoms with Crippen LogP contribution in [0.4, 0.5) is 0 Å². The molecular formula is C23H43NO7. The van der Waals surface area contributed by atoms with E-state index in [4.69, 9.17) is 18.9 Å². The summed E-state index contributed by atoms with van der Waals surface area (Å²) in [6.07, 6.45) is 0.793. The van der Waals surface area contributed by atoms with Crippen molar-refractivity contribution in [3.05, 3.63) is 0 Å². The van der Waals surface area contributed by atoms with Crippen molar-refractivity contribution in [1.82, 2.24) is 4.90 Å². The average Bonchev–Trinajstić information content (AvgIpc) is 2.70. The van der Waals surface area contributed by atoms with Gasteiger partial charge in [0.15, 0.2) is 0 Å². The summed E-state index contributed by atoms with van der Waals surface area (Å²) in [7, 11) is 1.67. The van der Waals surface area contributed by atoms with Crippen LogP contribution in [0, 0.1) is 11.8 Å². The van der Waals surface area contributed by atoms with Gasteiger partial charge in [-0.1, -0.05) is 27.7 Å². The highest BCUT2D eigenvalue weighted by Gasteiger charge is 2.21. The number of ketones is 2. The zero-order valence-corrected chi connectivity index (χ0v) is 20.5. The Morgan fingerprint density at radius 3 is 1.61 bits per heavy atom. The lowest BCUT2D eigenvalue weighted by Gasteiger charge is -2.28. The Bertz CT molecular complexity index is 492. The topological polar surface area (TPSA) is 91.4 Å². The standard InChI is InChI=1S/C23H43NO7/c1-17(2)21(25)8-10-28-14-20(15-29-11-9-22(26)18(3)4)24(7)23(27)16-30-12-13-31-19(5)6/h17-20H,8-16H2,1-7H3. The molecule has 0 bridgehead atoms. The van der Waals surface area contributed by atoms with E-state index in [2.05, 4.69) is 0 Å². The van der Waals surface area contributed by atoms with Gasteiger partial charge in [0.25, 0.3) is 0 Å². The minimum Gasteiger partial charge on any atom is -0.379 e. The quantitative estimate of drug-likeness (QED) is 0.282. The van der Waals surface area contributed by atoms with E-state index in [1.165, 1.54) is 4.90 Å². The van der Waals surface area contributed by atoms with Gasteiger partial charge in [-0.25, -0.2) is 0 Å². The Labute approximate surface area is 187 Å². The first-order valence-electron chi connectivity index (χ1n) is 11.2. The van der Waals surface area contributed by atoms with Crippen molar-refractivity contribution in [1.29, 1.82) is 0 Å². The zero-order chi connectivity index (χ0) is 23.8. The number of nitrogens with zero attached hydrogens (tertiary/aromatic N) is 1. The summed E-state index contributed by atoms with van der Waals surface area (Å²) in [6, 6.07) is -0.341. The minimum absolute atomic E-state index is 0.0256. The number of carbonyl (C=O) groups excluding carboxylic acids is 3. The van der Waals surface area contributed by atoms with Crippen LogP contribution in [0.25, 0.3) is 0 Å². The molecule has 0 aliphatic carbocycles. The van der Waals surface area contributed by atoms with Gasteiger partial charge in [0, 0.05) is 31.7 Å². The maximum absolute atomic E-state index is 12.5. The largest absolute Gasteiger partial charge is 0.379 e. The van der Waals surface area contributed by atoms with Crippen LogP contribution in [-0.4, -0.2) is 87.8 Å². The second-order valence-corrected chi connectivity index (χ2v) is 8.52. The van der Waals surface area contributed by atoms with Crippen molar-refractivity contribution in [3.63, 3.8) is 0 Å². The first kappa shape index (κ1) is 29.7. The second-order valence-electron chi connectivity index (χ2n) is 8.52. The zero-order valence-electron chi connectivity index (χ0n) is 20.5. The number of carbonyl (C=O) groups is 3. The Balaban J connectivity index is 4.54. The van der Waals surface area contributed by atoms with Gasteiger partial charge in [-0.05, 0) is 13.8 Å². The molecule has 0 radical (unpaired) electrons. The van der Waals surface area contributed by atoms with Gasteiger partial charge in [-0.2, -0.15) is 0 Å². The minimum atomic E-state index is -0.341. The first-order chi connectivity index (χ1) is 14.6. The third-order valence-electron chi connectivity index (χ3n) is 4.74. The van der Waals surface area contributed by atoms with Gasteiger partial charge < -0.3 is 23.8 Å². The van der Waals surface area contributed by atoms with Crippen molar-refractivity contribution in [2.75, 3.05) is 53.3 Å². The summed E-state index contributed by atoms with van der Waals surface area (Å²) in [5, 5.41) is 0. The molecule has 0 atom stereocenters. The van der Waals surface area contributed by atoms with Crippen LogP contribution < -0.4 is 0 Å². The predicted octanol–water partition coefficient (Wildman–Crippen LogP) is 2.52. The van der Waals surface area contributed by atoms with E-state index in [-0.39, 0.29) is 61.3 Å². The molecule has 0 spiro atoms. The average molecular weight is 446 g/mol. The fourth-order valence-electron chi connectivity index (χ4n) is 2.44. The summed E-state index contributed by atoms with van der Waals surface area (Å²) in [5.41, 5.74) is 0. The molecule has 0 fully saturated rings. The van der Waals surface area contributed by atoms with Crippen LogP contribution >= 0.6 is 0 Å². The van der Waals surface area contributed by atoms with E-state index < -0.39 is 0 Å². The summed E-state index contributed by atoms with van der Waals surface area (Å²) in [5.74, 6) is 0.0331. The highest BCUT2D eigenvalue weighted by Crippen LogP contribution is 2.05. The molecule has 31 heavy (non-hydrogen) atoms. The van der Waals surface area contributed by atoms with Gasteiger partial charge in [0.1, 0.15) is 18.2 Å². The Hall–Kier alpha value is -1.35. The van der Waals surface area contributed by atoms with Gasteiger partial charge in [-0.15, -0.1) is 0 Å². The number of ether oxygens (including phenoxy) is 4. The molecule has 0 heterocycles. The molecule has 0 N–H and O–H groups in total. The lowest BCUT2D eigenvalue weighted by molar-refractivity contribution is -0.141. The number of amides is 1. The molecule has 0 aromatic heterocycles. The van der Waals surface area contributed by atoms with Crippen molar-refractivity contribution < 1.29 is 33.3 Å². The maximum atomic E-state index is 12.5. The molecular weight excluding hydrogens is 402 g/mol. The van der Waals surface area contributed by atoms with Crippen molar-refractivity contribution in [2.45, 2.75) is 66.5 Å². The van der Waals surface area contributed by atoms with Gasteiger partial charge in [0.2, 0.25) is 5.91 Å². The van der Waals surface area contributed by atoms with E-state index in [9.17, 15) is 14.4 Å². The molecule has 182 valence electrons. The molecule has 0 aromatic rings. The number of Topliss-reactive ketones (excluding diaryl/α,β-unsaturated/α-hetero) is 2. The van der Waals surface area contributed by atoms with Crippen molar-refractivity contribution in [3.8, 4) is 0 Å². The summed E-state index contributed by atoms with van der Waals surface area (Å²) < 4.78 is 22.1. The van der Waals surface area contributed by atoms with Crippen LogP contribution in [0.15, 0.2) is 0 Å². The molecule has 0 aromatic carbocycles. The van der Waals surface area contributed by atoms with E-state index in [1.807, 2.05) is 41.5 Å². The normalized spacial score (nSPS) is 11.7. The smallest absolute Gasteiger partial charge is 0.248 e. The fourth-order valence-corrected chi connectivity index (χ4v) is 2.44. The molecule has 0 aliphatic rings. The van der Waals surface area contributed by atoms with E-state index in [0.29, 0.717) is 39.3 Å². The molecule has 8 heteroatoms. The Morgan fingerprint density at radius 2 is 1.19 bits per heavy atom. The first-order valence-corrected chi connectivity index (χ1v) is 11.2. The molecule has 0 aliphatic heterocycles. The van der Waals surface area contributed by atoms with Crippen molar-refractivity contribution in [2.24, 2.45) is 11.8 Å². The second kappa shape index (κ2) is 17.2. The van der Waals surface area contributed by atoms with Crippen LogP contribution in [0.2, 0.25) is 0 Å². The third-order valence-corrected chi connectivity index (χ3v) is 4.74. The molecule has 8 nitrogen and oxygen atoms in total. The predicted molar refractivity (Wildman–Crippen MR) is 119 cm³/mol. The summed E-state index contributed by atoms with van der Waals surface area (Å²) in [4.78, 5) is 37.5. The Kier molecular flexibility index (Phi) is 16.5. The van der Waals surface area contributed by atoms with Crippen LogP contribution in [0.5, 0.6) is 0 Å². The number of hydrogen-bond donors (Lipinski definition) is 0. The van der Waals surface area contributed by atoms with E-state index >= 15 is 0 Å². The molecule has 0 rings (SSSR count). The number of hydrogen-bond acceptors (Lipinski definition) is 7. The van der Waals surface area contributed by atoms with Gasteiger partial charge in [0.05, 0.1) is 51.8 Å². The monoisotopic (exact) mass is 445 g/mol. The molecule has 0 saturated carbocycles. The van der Waals surface area contributed by atoms with Crippen LogP contribution in [0.1, 0.15) is 54.4 Å². The maximum Gasteiger partial charge on any atom is 0.248 e.